The van der Waals surface area contributed by atoms with E-state index in [1.807, 2.05) is 24.3 Å². The molecule has 0 amide bonds. The second-order valence-corrected chi connectivity index (χ2v) is 5.43. The molecule has 0 saturated carbocycles. The summed E-state index contributed by atoms with van der Waals surface area (Å²) in [6, 6.07) is 16.2. The molecule has 17 heavy (non-hydrogen) atoms. The van der Waals surface area contributed by atoms with E-state index in [0.29, 0.717) is 0 Å². The van der Waals surface area contributed by atoms with E-state index in [9.17, 15) is 0 Å². The molecule has 0 saturated heterocycles. The van der Waals surface area contributed by atoms with Crippen molar-refractivity contribution >= 4 is 33.2 Å². The van der Waals surface area contributed by atoms with E-state index in [2.05, 4.69) is 29.2 Å². The van der Waals surface area contributed by atoms with Gasteiger partial charge in [-0.25, -0.2) is 4.98 Å². The highest BCUT2D eigenvalue weighted by Gasteiger charge is 2.03. The zero-order valence-corrected chi connectivity index (χ0v) is 10.6. The van der Waals surface area contributed by atoms with Crippen LogP contribution in [-0.4, -0.2) is 4.98 Å². The summed E-state index contributed by atoms with van der Waals surface area (Å²) in [6.07, 6.45) is 0.872. The molecule has 3 aromatic rings. The maximum atomic E-state index is 5.87. The Kier molecular flexibility index (Phi) is 2.83. The van der Waals surface area contributed by atoms with Crippen molar-refractivity contribution < 1.29 is 0 Å². The van der Waals surface area contributed by atoms with Crippen LogP contribution in [-0.2, 0) is 6.42 Å². The fraction of sp³-hybridized carbons (Fsp3) is 0.0714. The minimum Gasteiger partial charge on any atom is -0.241 e. The molecule has 0 radical (unpaired) electrons. The summed E-state index contributed by atoms with van der Waals surface area (Å²) in [5.74, 6) is 0. The molecule has 0 unspecified atom stereocenters. The standard InChI is InChI=1S/C14H10ClNS/c15-11-7-5-10(6-8-11)9-14-16-12-3-1-2-4-13(12)17-14/h1-8H,9H2. The molecule has 1 heterocycles. The van der Waals surface area contributed by atoms with E-state index >= 15 is 0 Å². The third-order valence-corrected chi connectivity index (χ3v) is 3.90. The second kappa shape index (κ2) is 4.47. The smallest absolute Gasteiger partial charge is 0.0982 e. The highest BCUT2D eigenvalue weighted by atomic mass is 35.5. The second-order valence-electron chi connectivity index (χ2n) is 3.88. The lowest BCUT2D eigenvalue weighted by atomic mass is 10.2. The molecule has 2 aromatic carbocycles. The van der Waals surface area contributed by atoms with E-state index in [0.717, 1.165) is 22.0 Å². The van der Waals surface area contributed by atoms with Crippen molar-refractivity contribution in [3.8, 4) is 0 Å². The van der Waals surface area contributed by atoms with Gasteiger partial charge in [0, 0.05) is 11.4 Å². The monoisotopic (exact) mass is 259 g/mol. The van der Waals surface area contributed by atoms with Crippen LogP contribution in [0.2, 0.25) is 5.02 Å². The summed E-state index contributed by atoms with van der Waals surface area (Å²) in [4.78, 5) is 4.62. The summed E-state index contributed by atoms with van der Waals surface area (Å²) < 4.78 is 1.25. The van der Waals surface area contributed by atoms with Crippen LogP contribution in [0.4, 0.5) is 0 Å². The molecule has 0 aliphatic heterocycles. The summed E-state index contributed by atoms with van der Waals surface area (Å²) in [5, 5.41) is 1.92. The fourth-order valence-electron chi connectivity index (χ4n) is 1.77. The minimum absolute atomic E-state index is 0.776. The van der Waals surface area contributed by atoms with Gasteiger partial charge < -0.3 is 0 Å². The quantitative estimate of drug-likeness (QED) is 0.658. The van der Waals surface area contributed by atoms with Crippen LogP contribution >= 0.6 is 22.9 Å². The number of thiazole rings is 1. The molecule has 84 valence electrons. The van der Waals surface area contributed by atoms with Gasteiger partial charge in [0.2, 0.25) is 0 Å². The van der Waals surface area contributed by atoms with E-state index in [1.165, 1.54) is 10.3 Å². The van der Waals surface area contributed by atoms with Crippen LogP contribution in [0.3, 0.4) is 0 Å². The summed E-state index contributed by atoms with van der Waals surface area (Å²) in [5.41, 5.74) is 2.33. The topological polar surface area (TPSA) is 12.9 Å². The largest absolute Gasteiger partial charge is 0.241 e. The normalized spacial score (nSPS) is 10.9. The van der Waals surface area contributed by atoms with Crippen LogP contribution in [0.15, 0.2) is 48.5 Å². The molecule has 0 N–H and O–H groups in total. The Balaban J connectivity index is 1.92. The molecule has 0 bridgehead atoms. The number of fused-ring (bicyclic) bond motifs is 1. The van der Waals surface area contributed by atoms with Gasteiger partial charge in [-0.15, -0.1) is 11.3 Å². The van der Waals surface area contributed by atoms with Gasteiger partial charge in [0.15, 0.2) is 0 Å². The molecule has 0 spiro atoms. The Morgan fingerprint density at radius 3 is 2.53 bits per heavy atom. The first-order chi connectivity index (χ1) is 8.31. The highest BCUT2D eigenvalue weighted by molar-refractivity contribution is 7.18. The molecule has 1 aromatic heterocycles. The van der Waals surface area contributed by atoms with Crippen molar-refractivity contribution in [2.24, 2.45) is 0 Å². The van der Waals surface area contributed by atoms with Gasteiger partial charge in [-0.05, 0) is 29.8 Å². The minimum atomic E-state index is 0.776. The Labute approximate surface area is 109 Å². The van der Waals surface area contributed by atoms with Gasteiger partial charge >= 0.3 is 0 Å². The van der Waals surface area contributed by atoms with Crippen LogP contribution in [0.5, 0.6) is 0 Å². The Morgan fingerprint density at radius 2 is 1.76 bits per heavy atom. The number of halogens is 1. The Morgan fingerprint density at radius 1 is 1.00 bits per heavy atom. The third kappa shape index (κ3) is 2.33. The van der Waals surface area contributed by atoms with Crippen molar-refractivity contribution in [1.29, 1.82) is 0 Å². The first-order valence-electron chi connectivity index (χ1n) is 5.40. The molecule has 0 atom stereocenters. The average molecular weight is 260 g/mol. The first-order valence-corrected chi connectivity index (χ1v) is 6.59. The number of benzene rings is 2. The van der Waals surface area contributed by atoms with E-state index in [-0.39, 0.29) is 0 Å². The van der Waals surface area contributed by atoms with Crippen molar-refractivity contribution in [1.82, 2.24) is 4.98 Å². The lowest BCUT2D eigenvalue weighted by molar-refractivity contribution is 1.16. The molecule has 0 aliphatic rings. The zero-order valence-electron chi connectivity index (χ0n) is 9.06. The van der Waals surface area contributed by atoms with Gasteiger partial charge in [-0.1, -0.05) is 35.9 Å². The van der Waals surface area contributed by atoms with Crippen molar-refractivity contribution in [3.05, 3.63) is 64.1 Å². The molecule has 0 aliphatic carbocycles. The molecule has 1 nitrogen and oxygen atoms in total. The molecule has 3 rings (SSSR count). The van der Waals surface area contributed by atoms with E-state index in [1.54, 1.807) is 11.3 Å². The third-order valence-electron chi connectivity index (χ3n) is 2.61. The van der Waals surface area contributed by atoms with Gasteiger partial charge in [0.25, 0.3) is 0 Å². The Hall–Kier alpha value is -1.38. The van der Waals surface area contributed by atoms with Crippen molar-refractivity contribution in [2.75, 3.05) is 0 Å². The summed E-state index contributed by atoms with van der Waals surface area (Å²) in [7, 11) is 0. The van der Waals surface area contributed by atoms with Crippen molar-refractivity contribution in [2.45, 2.75) is 6.42 Å². The predicted octanol–water partition coefficient (Wildman–Crippen LogP) is 4.54. The average Bonchev–Trinajstić information content (AvgIpc) is 2.74. The number of hydrogen-bond acceptors (Lipinski definition) is 2. The van der Waals surface area contributed by atoms with Crippen LogP contribution in [0.25, 0.3) is 10.2 Å². The van der Waals surface area contributed by atoms with Crippen LogP contribution < -0.4 is 0 Å². The lowest BCUT2D eigenvalue weighted by Crippen LogP contribution is -1.85. The lowest BCUT2D eigenvalue weighted by Gasteiger charge is -1.97. The number of hydrogen-bond donors (Lipinski definition) is 0. The van der Waals surface area contributed by atoms with Gasteiger partial charge in [0.1, 0.15) is 0 Å². The molecule has 3 heteroatoms. The number of nitrogens with zero attached hydrogens (tertiary/aromatic N) is 1. The molecular formula is C14H10ClNS. The van der Waals surface area contributed by atoms with Crippen LogP contribution in [0, 0.1) is 0 Å². The van der Waals surface area contributed by atoms with E-state index in [4.69, 9.17) is 11.6 Å². The highest BCUT2D eigenvalue weighted by Crippen LogP contribution is 2.23. The number of aromatic nitrogens is 1. The molecule has 0 fully saturated rings. The first kappa shape index (κ1) is 10.8. The number of para-hydroxylation sites is 1. The maximum Gasteiger partial charge on any atom is 0.0982 e. The SMILES string of the molecule is Clc1ccc(Cc2nc3ccccc3s2)cc1. The maximum absolute atomic E-state index is 5.87. The van der Waals surface area contributed by atoms with Crippen molar-refractivity contribution in [3.63, 3.8) is 0 Å². The summed E-state index contributed by atoms with van der Waals surface area (Å²) in [6.45, 7) is 0. The van der Waals surface area contributed by atoms with Gasteiger partial charge in [-0.2, -0.15) is 0 Å². The predicted molar refractivity (Wildman–Crippen MR) is 73.9 cm³/mol. The summed E-state index contributed by atoms with van der Waals surface area (Å²) >= 11 is 7.62. The molecular weight excluding hydrogens is 250 g/mol. The Bertz CT molecular complexity index is 610. The fourth-order valence-corrected chi connectivity index (χ4v) is 2.90. The van der Waals surface area contributed by atoms with E-state index < -0.39 is 0 Å². The van der Waals surface area contributed by atoms with Gasteiger partial charge in [-0.3, -0.25) is 0 Å². The van der Waals surface area contributed by atoms with Crippen LogP contribution in [0.1, 0.15) is 10.6 Å². The zero-order chi connectivity index (χ0) is 11.7. The van der Waals surface area contributed by atoms with Gasteiger partial charge in [0.05, 0.1) is 15.2 Å². The number of rotatable bonds is 2.